The van der Waals surface area contributed by atoms with Crippen LogP contribution in [0.4, 0.5) is 0 Å². The number of hydrogen-bond acceptors (Lipinski definition) is 1. The van der Waals surface area contributed by atoms with Gasteiger partial charge in [-0.1, -0.05) is 31.2 Å². The van der Waals surface area contributed by atoms with Crippen molar-refractivity contribution >= 4 is 0 Å². The minimum absolute atomic E-state index is 0.464. The van der Waals surface area contributed by atoms with Crippen LogP contribution in [0.5, 0.6) is 0 Å². The SMILES string of the molecule is CCc1ccccc1CC1(CN)CC1. The lowest BCUT2D eigenvalue weighted by Gasteiger charge is -2.14. The summed E-state index contributed by atoms with van der Waals surface area (Å²) in [5, 5.41) is 0. The van der Waals surface area contributed by atoms with E-state index in [1.165, 1.54) is 30.4 Å². The van der Waals surface area contributed by atoms with Crippen molar-refractivity contribution in [3.8, 4) is 0 Å². The zero-order valence-corrected chi connectivity index (χ0v) is 8.92. The first-order valence-electron chi connectivity index (χ1n) is 5.56. The van der Waals surface area contributed by atoms with Crippen LogP contribution in [0.25, 0.3) is 0 Å². The highest BCUT2D eigenvalue weighted by Gasteiger charge is 2.41. The molecule has 2 rings (SSSR count). The van der Waals surface area contributed by atoms with Crippen LogP contribution in [-0.4, -0.2) is 6.54 Å². The van der Waals surface area contributed by atoms with Gasteiger partial charge >= 0.3 is 0 Å². The highest BCUT2D eigenvalue weighted by Crippen LogP contribution is 2.47. The van der Waals surface area contributed by atoms with Crippen LogP contribution in [0.2, 0.25) is 0 Å². The third-order valence-corrected chi connectivity index (χ3v) is 3.45. The number of hydrogen-bond donors (Lipinski definition) is 1. The molecule has 1 fully saturated rings. The molecule has 1 saturated carbocycles. The molecule has 0 unspecified atom stereocenters. The maximum atomic E-state index is 5.81. The molecule has 0 atom stereocenters. The molecule has 76 valence electrons. The molecule has 0 spiro atoms. The summed E-state index contributed by atoms with van der Waals surface area (Å²) in [4.78, 5) is 0. The van der Waals surface area contributed by atoms with Gasteiger partial charge in [0.25, 0.3) is 0 Å². The lowest BCUT2D eigenvalue weighted by Crippen LogP contribution is -2.18. The summed E-state index contributed by atoms with van der Waals surface area (Å²) >= 11 is 0. The average Bonchev–Trinajstić information content (AvgIpc) is 2.99. The Bertz CT molecular complexity index is 313. The topological polar surface area (TPSA) is 26.0 Å². The van der Waals surface area contributed by atoms with Crippen LogP contribution < -0.4 is 5.73 Å². The fourth-order valence-electron chi connectivity index (χ4n) is 2.11. The Labute approximate surface area is 86.3 Å². The Morgan fingerprint density at radius 3 is 2.36 bits per heavy atom. The Balaban J connectivity index is 2.16. The number of aryl methyl sites for hydroxylation is 1. The molecule has 0 radical (unpaired) electrons. The Morgan fingerprint density at radius 1 is 1.21 bits per heavy atom. The molecular weight excluding hydrogens is 170 g/mol. The zero-order valence-electron chi connectivity index (χ0n) is 8.92. The van der Waals surface area contributed by atoms with Crippen LogP contribution in [0.15, 0.2) is 24.3 Å². The van der Waals surface area contributed by atoms with Gasteiger partial charge in [-0.25, -0.2) is 0 Å². The van der Waals surface area contributed by atoms with E-state index in [0.29, 0.717) is 5.41 Å². The third-order valence-electron chi connectivity index (χ3n) is 3.45. The standard InChI is InChI=1S/C13H19N/c1-2-11-5-3-4-6-12(11)9-13(10-14)7-8-13/h3-6H,2,7-10,14H2,1H3. The van der Waals surface area contributed by atoms with Crippen molar-refractivity contribution in [2.24, 2.45) is 11.1 Å². The van der Waals surface area contributed by atoms with Gasteiger partial charge in [-0.15, -0.1) is 0 Å². The first kappa shape index (κ1) is 9.72. The smallest absolute Gasteiger partial charge is 0.00173 e. The summed E-state index contributed by atoms with van der Waals surface area (Å²) < 4.78 is 0. The Hall–Kier alpha value is -0.820. The van der Waals surface area contributed by atoms with Gasteiger partial charge in [0.15, 0.2) is 0 Å². The van der Waals surface area contributed by atoms with E-state index >= 15 is 0 Å². The maximum absolute atomic E-state index is 5.81. The van der Waals surface area contributed by atoms with Crippen molar-refractivity contribution in [2.75, 3.05) is 6.54 Å². The molecule has 0 bridgehead atoms. The summed E-state index contributed by atoms with van der Waals surface area (Å²) in [7, 11) is 0. The first-order chi connectivity index (χ1) is 6.79. The van der Waals surface area contributed by atoms with Gasteiger partial charge in [0.05, 0.1) is 0 Å². The molecule has 1 aromatic rings. The summed E-state index contributed by atoms with van der Waals surface area (Å²) in [6.07, 6.45) is 4.97. The summed E-state index contributed by atoms with van der Waals surface area (Å²) in [6.45, 7) is 3.08. The van der Waals surface area contributed by atoms with E-state index in [1.54, 1.807) is 0 Å². The average molecular weight is 189 g/mol. The number of rotatable bonds is 4. The minimum atomic E-state index is 0.464. The van der Waals surface area contributed by atoms with Gasteiger partial charge in [0.2, 0.25) is 0 Å². The van der Waals surface area contributed by atoms with E-state index in [2.05, 4.69) is 31.2 Å². The highest BCUT2D eigenvalue weighted by atomic mass is 14.6. The van der Waals surface area contributed by atoms with E-state index in [4.69, 9.17) is 5.73 Å². The van der Waals surface area contributed by atoms with Crippen molar-refractivity contribution in [1.82, 2.24) is 0 Å². The predicted molar refractivity (Wildman–Crippen MR) is 60.2 cm³/mol. The predicted octanol–water partition coefficient (Wildman–Crippen LogP) is 2.53. The van der Waals surface area contributed by atoms with E-state index in [1.807, 2.05) is 0 Å². The third kappa shape index (κ3) is 1.83. The molecule has 2 N–H and O–H groups in total. The van der Waals surface area contributed by atoms with Crippen molar-refractivity contribution in [2.45, 2.75) is 32.6 Å². The fourth-order valence-corrected chi connectivity index (χ4v) is 2.11. The van der Waals surface area contributed by atoms with Crippen LogP contribution in [0.1, 0.15) is 30.9 Å². The molecule has 14 heavy (non-hydrogen) atoms. The molecule has 1 aliphatic rings. The first-order valence-corrected chi connectivity index (χ1v) is 5.56. The fraction of sp³-hybridized carbons (Fsp3) is 0.538. The second-order valence-corrected chi connectivity index (χ2v) is 4.50. The second kappa shape index (κ2) is 3.74. The molecule has 0 amide bonds. The van der Waals surface area contributed by atoms with Crippen LogP contribution >= 0.6 is 0 Å². The molecule has 1 nitrogen and oxygen atoms in total. The van der Waals surface area contributed by atoms with Gasteiger partial charge in [-0.2, -0.15) is 0 Å². The summed E-state index contributed by atoms with van der Waals surface area (Å²) in [6, 6.07) is 8.77. The maximum Gasteiger partial charge on any atom is -0.00173 e. The molecule has 0 aliphatic heterocycles. The van der Waals surface area contributed by atoms with Gasteiger partial charge in [-0.3, -0.25) is 0 Å². The largest absolute Gasteiger partial charge is 0.330 e. The Morgan fingerprint density at radius 2 is 1.86 bits per heavy atom. The van der Waals surface area contributed by atoms with E-state index in [0.717, 1.165) is 13.0 Å². The molecule has 1 aromatic carbocycles. The molecular formula is C13H19N. The summed E-state index contributed by atoms with van der Waals surface area (Å²) in [5.74, 6) is 0. The van der Waals surface area contributed by atoms with Gasteiger partial charge in [0.1, 0.15) is 0 Å². The monoisotopic (exact) mass is 189 g/mol. The van der Waals surface area contributed by atoms with Crippen LogP contribution in [-0.2, 0) is 12.8 Å². The van der Waals surface area contributed by atoms with Crippen molar-refractivity contribution in [1.29, 1.82) is 0 Å². The molecule has 0 aromatic heterocycles. The minimum Gasteiger partial charge on any atom is -0.330 e. The molecule has 1 aliphatic carbocycles. The van der Waals surface area contributed by atoms with Gasteiger partial charge in [-0.05, 0) is 48.8 Å². The number of benzene rings is 1. The molecule has 0 heterocycles. The van der Waals surface area contributed by atoms with E-state index in [9.17, 15) is 0 Å². The van der Waals surface area contributed by atoms with Crippen molar-refractivity contribution in [3.63, 3.8) is 0 Å². The zero-order chi connectivity index (χ0) is 10.0. The number of nitrogens with two attached hydrogens (primary N) is 1. The van der Waals surface area contributed by atoms with Crippen molar-refractivity contribution in [3.05, 3.63) is 35.4 Å². The van der Waals surface area contributed by atoms with Crippen LogP contribution in [0.3, 0.4) is 0 Å². The Kier molecular flexibility index (Phi) is 2.60. The quantitative estimate of drug-likeness (QED) is 0.774. The van der Waals surface area contributed by atoms with E-state index in [-0.39, 0.29) is 0 Å². The summed E-state index contributed by atoms with van der Waals surface area (Å²) in [5.41, 5.74) is 9.28. The van der Waals surface area contributed by atoms with Crippen molar-refractivity contribution < 1.29 is 0 Å². The van der Waals surface area contributed by atoms with Crippen LogP contribution in [0, 0.1) is 5.41 Å². The lowest BCUT2D eigenvalue weighted by atomic mass is 9.92. The van der Waals surface area contributed by atoms with E-state index < -0.39 is 0 Å². The molecule has 0 saturated heterocycles. The highest BCUT2D eigenvalue weighted by molar-refractivity contribution is 5.29. The second-order valence-electron chi connectivity index (χ2n) is 4.50. The van der Waals surface area contributed by atoms with Gasteiger partial charge in [0, 0.05) is 0 Å². The van der Waals surface area contributed by atoms with Gasteiger partial charge < -0.3 is 5.73 Å². The normalized spacial score (nSPS) is 18.1. The lowest BCUT2D eigenvalue weighted by molar-refractivity contribution is 0.519. The molecule has 1 heteroatoms.